The first-order valence-corrected chi connectivity index (χ1v) is 6.78. The number of halogens is 1. The van der Waals surface area contributed by atoms with Crippen LogP contribution in [0.5, 0.6) is 0 Å². The average Bonchev–Trinajstić information content (AvgIpc) is 2.68. The van der Waals surface area contributed by atoms with Crippen LogP contribution in [0.25, 0.3) is 5.69 Å². The van der Waals surface area contributed by atoms with Crippen LogP contribution in [0, 0.1) is 6.92 Å². The summed E-state index contributed by atoms with van der Waals surface area (Å²) in [5.74, 6) is 0. The molecular weight excluding hydrogens is 290 g/mol. The average molecular weight is 308 g/mol. The fourth-order valence-corrected chi connectivity index (χ4v) is 2.62. The lowest BCUT2D eigenvalue weighted by Crippen LogP contribution is -2.29. The van der Waals surface area contributed by atoms with Crippen LogP contribution < -0.4 is 5.73 Å². The van der Waals surface area contributed by atoms with E-state index < -0.39 is 0 Å². The van der Waals surface area contributed by atoms with E-state index in [1.807, 2.05) is 35.0 Å². The Morgan fingerprint density at radius 2 is 1.89 bits per heavy atom. The monoisotopic (exact) mass is 307 g/mol. The van der Waals surface area contributed by atoms with Gasteiger partial charge in [0.1, 0.15) is 0 Å². The molecular formula is C14H18BrN3. The Kier molecular flexibility index (Phi) is 3.59. The summed E-state index contributed by atoms with van der Waals surface area (Å²) in [6.45, 7) is 6.83. The van der Waals surface area contributed by atoms with E-state index in [1.54, 1.807) is 0 Å². The van der Waals surface area contributed by atoms with Gasteiger partial charge in [-0.05, 0) is 35.0 Å². The van der Waals surface area contributed by atoms with Crippen molar-refractivity contribution in [2.24, 2.45) is 5.73 Å². The summed E-state index contributed by atoms with van der Waals surface area (Å²) in [5, 5.41) is 4.71. The number of aromatic nitrogens is 2. The number of hydrogen-bond donors (Lipinski definition) is 1. The van der Waals surface area contributed by atoms with Crippen molar-refractivity contribution in [3.05, 3.63) is 46.2 Å². The van der Waals surface area contributed by atoms with Crippen LogP contribution in [-0.2, 0) is 5.41 Å². The normalized spacial score (nSPS) is 11.8. The van der Waals surface area contributed by atoms with Gasteiger partial charge >= 0.3 is 0 Å². The highest BCUT2D eigenvalue weighted by molar-refractivity contribution is 9.10. The van der Waals surface area contributed by atoms with Gasteiger partial charge in [0.05, 0.1) is 21.5 Å². The molecule has 0 aliphatic carbocycles. The molecule has 0 atom stereocenters. The Morgan fingerprint density at radius 1 is 1.28 bits per heavy atom. The van der Waals surface area contributed by atoms with E-state index in [2.05, 4.69) is 36.7 Å². The highest BCUT2D eigenvalue weighted by Gasteiger charge is 2.27. The van der Waals surface area contributed by atoms with Gasteiger partial charge in [0.2, 0.25) is 0 Å². The Hall–Kier alpha value is -1.13. The first-order chi connectivity index (χ1) is 8.47. The van der Waals surface area contributed by atoms with Crippen molar-refractivity contribution in [3.63, 3.8) is 0 Å². The lowest BCUT2D eigenvalue weighted by molar-refractivity contribution is 0.513. The van der Waals surface area contributed by atoms with E-state index in [4.69, 9.17) is 10.8 Å². The third-order valence-electron chi connectivity index (χ3n) is 3.20. The van der Waals surface area contributed by atoms with Crippen molar-refractivity contribution in [2.45, 2.75) is 26.2 Å². The zero-order chi connectivity index (χ0) is 13.3. The molecule has 0 saturated carbocycles. The molecule has 4 heteroatoms. The fourth-order valence-electron chi connectivity index (χ4n) is 1.83. The van der Waals surface area contributed by atoms with Gasteiger partial charge in [-0.15, -0.1) is 0 Å². The van der Waals surface area contributed by atoms with Gasteiger partial charge < -0.3 is 5.73 Å². The fraction of sp³-hybridized carbons (Fsp3) is 0.357. The maximum absolute atomic E-state index is 5.84. The largest absolute Gasteiger partial charge is 0.330 e. The van der Waals surface area contributed by atoms with Crippen LogP contribution in [-0.4, -0.2) is 16.3 Å². The molecule has 96 valence electrons. The maximum atomic E-state index is 5.84. The second-order valence-electron chi connectivity index (χ2n) is 5.08. The Labute approximate surface area is 116 Å². The van der Waals surface area contributed by atoms with Crippen LogP contribution in [0.4, 0.5) is 0 Å². The van der Waals surface area contributed by atoms with Gasteiger partial charge in [0, 0.05) is 12.0 Å². The molecule has 2 aromatic rings. The number of para-hydroxylation sites is 1. The third kappa shape index (κ3) is 2.22. The summed E-state index contributed by atoms with van der Waals surface area (Å²) < 4.78 is 3.00. The van der Waals surface area contributed by atoms with Crippen molar-refractivity contribution in [3.8, 4) is 5.69 Å². The smallest absolute Gasteiger partial charge is 0.0842 e. The van der Waals surface area contributed by atoms with Gasteiger partial charge in [-0.2, -0.15) is 5.10 Å². The van der Waals surface area contributed by atoms with Crippen LogP contribution >= 0.6 is 15.9 Å². The minimum absolute atomic E-state index is 0.135. The maximum Gasteiger partial charge on any atom is 0.0842 e. The number of nitrogens with zero attached hydrogens (tertiary/aromatic N) is 2. The van der Waals surface area contributed by atoms with E-state index in [0.29, 0.717) is 6.54 Å². The Morgan fingerprint density at radius 3 is 2.44 bits per heavy atom. The summed E-state index contributed by atoms with van der Waals surface area (Å²) in [4.78, 5) is 0. The third-order valence-corrected chi connectivity index (χ3v) is 4.14. The number of benzene rings is 1. The van der Waals surface area contributed by atoms with E-state index >= 15 is 0 Å². The Balaban J connectivity index is 2.57. The van der Waals surface area contributed by atoms with E-state index in [-0.39, 0.29) is 5.41 Å². The van der Waals surface area contributed by atoms with Crippen LogP contribution in [0.2, 0.25) is 0 Å². The highest BCUT2D eigenvalue weighted by atomic mass is 79.9. The molecule has 18 heavy (non-hydrogen) atoms. The topological polar surface area (TPSA) is 43.8 Å². The zero-order valence-corrected chi connectivity index (χ0v) is 12.5. The van der Waals surface area contributed by atoms with Crippen LogP contribution in [0.1, 0.15) is 25.2 Å². The predicted molar refractivity (Wildman–Crippen MR) is 78.1 cm³/mol. The second kappa shape index (κ2) is 4.86. The molecule has 1 aromatic heterocycles. The molecule has 2 N–H and O–H groups in total. The predicted octanol–water partition coefficient (Wildman–Crippen LogP) is 3.18. The molecule has 0 fully saturated rings. The summed E-state index contributed by atoms with van der Waals surface area (Å²) >= 11 is 3.64. The molecule has 0 aliphatic rings. The van der Waals surface area contributed by atoms with Gasteiger partial charge in [-0.3, -0.25) is 0 Å². The number of hydrogen-bond acceptors (Lipinski definition) is 2. The minimum atomic E-state index is -0.135. The summed E-state index contributed by atoms with van der Waals surface area (Å²) in [5.41, 5.74) is 8.87. The van der Waals surface area contributed by atoms with Gasteiger partial charge in [-0.1, -0.05) is 32.0 Å². The zero-order valence-electron chi connectivity index (χ0n) is 10.9. The summed E-state index contributed by atoms with van der Waals surface area (Å²) in [7, 11) is 0. The van der Waals surface area contributed by atoms with Gasteiger partial charge in [-0.25, -0.2) is 4.68 Å². The molecule has 0 radical (unpaired) electrons. The molecule has 0 saturated heterocycles. The number of rotatable bonds is 3. The van der Waals surface area contributed by atoms with Gasteiger partial charge in [0.25, 0.3) is 0 Å². The SMILES string of the molecule is Cc1c(Br)c(C(C)(C)CN)nn1-c1ccccc1. The lowest BCUT2D eigenvalue weighted by atomic mass is 9.89. The molecule has 0 spiro atoms. The Bertz CT molecular complexity index is 544. The van der Waals surface area contributed by atoms with Crippen LogP contribution in [0.3, 0.4) is 0 Å². The van der Waals surface area contributed by atoms with Crippen molar-refractivity contribution in [2.75, 3.05) is 6.54 Å². The number of nitrogens with two attached hydrogens (primary N) is 1. The van der Waals surface area contributed by atoms with E-state index in [1.165, 1.54) is 0 Å². The summed E-state index contributed by atoms with van der Waals surface area (Å²) in [6, 6.07) is 10.1. The van der Waals surface area contributed by atoms with E-state index in [0.717, 1.165) is 21.5 Å². The minimum Gasteiger partial charge on any atom is -0.330 e. The molecule has 0 bridgehead atoms. The van der Waals surface area contributed by atoms with Crippen molar-refractivity contribution < 1.29 is 0 Å². The lowest BCUT2D eigenvalue weighted by Gasteiger charge is -2.20. The van der Waals surface area contributed by atoms with Gasteiger partial charge in [0.15, 0.2) is 0 Å². The molecule has 0 aliphatic heterocycles. The van der Waals surface area contributed by atoms with Crippen molar-refractivity contribution >= 4 is 15.9 Å². The van der Waals surface area contributed by atoms with Crippen molar-refractivity contribution in [1.82, 2.24) is 9.78 Å². The molecule has 0 amide bonds. The molecule has 3 nitrogen and oxygen atoms in total. The molecule has 0 unspecified atom stereocenters. The molecule has 2 rings (SSSR count). The van der Waals surface area contributed by atoms with Crippen molar-refractivity contribution in [1.29, 1.82) is 0 Å². The first-order valence-electron chi connectivity index (χ1n) is 5.98. The standard InChI is InChI=1S/C14H18BrN3/c1-10-12(15)13(14(2,3)9-16)17-18(10)11-7-5-4-6-8-11/h4-8H,9,16H2,1-3H3. The molecule has 1 heterocycles. The second-order valence-corrected chi connectivity index (χ2v) is 5.88. The van der Waals surface area contributed by atoms with E-state index in [9.17, 15) is 0 Å². The van der Waals surface area contributed by atoms with Crippen LogP contribution in [0.15, 0.2) is 34.8 Å². The molecule has 1 aromatic carbocycles. The summed E-state index contributed by atoms with van der Waals surface area (Å²) in [6.07, 6.45) is 0. The quantitative estimate of drug-likeness (QED) is 0.946. The first kappa shape index (κ1) is 13.3. The highest BCUT2D eigenvalue weighted by Crippen LogP contribution is 2.32.